The molecule has 0 aliphatic rings. The van der Waals surface area contributed by atoms with Crippen LogP contribution in [0, 0.1) is 0 Å². The van der Waals surface area contributed by atoms with Crippen LogP contribution in [-0.2, 0) is 16.6 Å². The standard InChI is InChI=1S/C11H11Cl2N3O3S/c12-8-3-9(13)5-11(4-8)20(18,19)15-10-6-14-16(7-10)1-2-17/h3-7,15,17H,1-2H2. The van der Waals surface area contributed by atoms with Crippen molar-refractivity contribution in [2.45, 2.75) is 11.4 Å². The zero-order valence-corrected chi connectivity index (χ0v) is 12.5. The Kier molecular flexibility index (Phi) is 4.54. The second kappa shape index (κ2) is 6.01. The number of anilines is 1. The van der Waals surface area contributed by atoms with E-state index in [9.17, 15) is 8.42 Å². The van der Waals surface area contributed by atoms with Crippen LogP contribution in [0.15, 0.2) is 35.5 Å². The minimum Gasteiger partial charge on any atom is -0.394 e. The molecule has 0 saturated heterocycles. The molecule has 0 bridgehead atoms. The van der Waals surface area contributed by atoms with Gasteiger partial charge in [0.1, 0.15) is 0 Å². The Bertz CT molecular complexity index is 695. The highest BCUT2D eigenvalue weighted by molar-refractivity contribution is 7.92. The van der Waals surface area contributed by atoms with Crippen LogP contribution in [-0.4, -0.2) is 29.9 Å². The molecule has 0 saturated carbocycles. The van der Waals surface area contributed by atoms with E-state index in [2.05, 4.69) is 9.82 Å². The number of aliphatic hydroxyl groups is 1. The quantitative estimate of drug-likeness (QED) is 0.874. The molecule has 1 heterocycles. The van der Waals surface area contributed by atoms with E-state index in [1.165, 1.54) is 35.3 Å². The van der Waals surface area contributed by atoms with E-state index in [1.54, 1.807) is 0 Å². The molecule has 9 heteroatoms. The summed E-state index contributed by atoms with van der Waals surface area (Å²) in [5, 5.41) is 13.1. The van der Waals surface area contributed by atoms with Crippen molar-refractivity contribution in [1.29, 1.82) is 0 Å². The summed E-state index contributed by atoms with van der Waals surface area (Å²) < 4.78 is 28.1. The summed E-state index contributed by atoms with van der Waals surface area (Å²) >= 11 is 11.6. The van der Waals surface area contributed by atoms with Crippen molar-refractivity contribution in [2.24, 2.45) is 0 Å². The van der Waals surface area contributed by atoms with Crippen LogP contribution >= 0.6 is 23.2 Å². The third kappa shape index (κ3) is 3.63. The van der Waals surface area contributed by atoms with Crippen molar-refractivity contribution >= 4 is 38.9 Å². The average molecular weight is 336 g/mol. The molecule has 0 spiro atoms. The smallest absolute Gasteiger partial charge is 0.262 e. The van der Waals surface area contributed by atoms with Crippen molar-refractivity contribution in [3.63, 3.8) is 0 Å². The number of aromatic nitrogens is 2. The normalized spacial score (nSPS) is 11.6. The molecule has 1 aromatic carbocycles. The van der Waals surface area contributed by atoms with Crippen molar-refractivity contribution in [3.05, 3.63) is 40.6 Å². The summed E-state index contributed by atoms with van der Waals surface area (Å²) in [6.45, 7) is 0.197. The number of nitrogens with zero attached hydrogens (tertiary/aromatic N) is 2. The molecule has 0 fully saturated rings. The Morgan fingerprint density at radius 2 is 1.90 bits per heavy atom. The summed E-state index contributed by atoms with van der Waals surface area (Å²) in [6.07, 6.45) is 2.82. The zero-order chi connectivity index (χ0) is 14.8. The molecule has 20 heavy (non-hydrogen) atoms. The summed E-state index contributed by atoms with van der Waals surface area (Å²) in [7, 11) is -3.79. The van der Waals surface area contributed by atoms with Gasteiger partial charge in [-0.1, -0.05) is 23.2 Å². The lowest BCUT2D eigenvalue weighted by Gasteiger charge is -2.06. The summed E-state index contributed by atoms with van der Waals surface area (Å²) in [6, 6.07) is 4.04. The zero-order valence-electron chi connectivity index (χ0n) is 10.1. The first kappa shape index (κ1) is 15.1. The third-order valence-corrected chi connectivity index (χ3v) is 4.16. The molecule has 0 radical (unpaired) electrons. The van der Waals surface area contributed by atoms with E-state index in [1.807, 2.05) is 0 Å². The number of nitrogens with one attached hydrogen (secondary N) is 1. The van der Waals surface area contributed by atoms with E-state index < -0.39 is 10.0 Å². The molecule has 0 atom stereocenters. The summed E-state index contributed by atoms with van der Waals surface area (Å²) in [4.78, 5) is -0.0371. The molecule has 1 aromatic heterocycles. The monoisotopic (exact) mass is 335 g/mol. The SMILES string of the molecule is O=S(=O)(Nc1cnn(CCO)c1)c1cc(Cl)cc(Cl)c1. The molecule has 2 N–H and O–H groups in total. The fourth-order valence-electron chi connectivity index (χ4n) is 1.54. The fourth-order valence-corrected chi connectivity index (χ4v) is 3.29. The van der Waals surface area contributed by atoms with Crippen molar-refractivity contribution < 1.29 is 13.5 Å². The Morgan fingerprint density at radius 1 is 1.25 bits per heavy atom. The minimum atomic E-state index is -3.79. The van der Waals surface area contributed by atoms with Gasteiger partial charge in [-0.2, -0.15) is 5.10 Å². The number of hydrogen-bond acceptors (Lipinski definition) is 4. The summed E-state index contributed by atoms with van der Waals surface area (Å²) in [5.41, 5.74) is 0.287. The first-order chi connectivity index (χ1) is 9.40. The molecule has 0 unspecified atom stereocenters. The molecular weight excluding hydrogens is 325 g/mol. The third-order valence-electron chi connectivity index (χ3n) is 2.36. The van der Waals surface area contributed by atoms with E-state index in [0.717, 1.165) is 0 Å². The highest BCUT2D eigenvalue weighted by atomic mass is 35.5. The molecule has 108 valence electrons. The van der Waals surface area contributed by atoms with Crippen LogP contribution in [0.3, 0.4) is 0 Å². The maximum absolute atomic E-state index is 12.2. The predicted molar refractivity (Wildman–Crippen MR) is 76.6 cm³/mol. The number of aliphatic hydroxyl groups excluding tert-OH is 1. The Labute approximate surface area is 126 Å². The van der Waals surface area contributed by atoms with Gasteiger partial charge in [0.2, 0.25) is 0 Å². The minimum absolute atomic E-state index is 0.0371. The van der Waals surface area contributed by atoms with Gasteiger partial charge in [0, 0.05) is 16.2 Å². The van der Waals surface area contributed by atoms with Gasteiger partial charge in [-0.15, -0.1) is 0 Å². The van der Waals surface area contributed by atoms with Gasteiger partial charge in [0.05, 0.1) is 29.9 Å². The number of sulfonamides is 1. The predicted octanol–water partition coefficient (Wildman–Crippen LogP) is 1.98. The van der Waals surface area contributed by atoms with Crippen LogP contribution in [0.5, 0.6) is 0 Å². The molecule has 0 amide bonds. The summed E-state index contributed by atoms with van der Waals surface area (Å²) in [5.74, 6) is 0. The Morgan fingerprint density at radius 3 is 2.50 bits per heavy atom. The van der Waals surface area contributed by atoms with E-state index in [0.29, 0.717) is 0 Å². The van der Waals surface area contributed by atoms with Crippen LogP contribution in [0.1, 0.15) is 0 Å². The van der Waals surface area contributed by atoms with Gasteiger partial charge >= 0.3 is 0 Å². The van der Waals surface area contributed by atoms with Gasteiger partial charge in [-0.25, -0.2) is 8.42 Å². The molecule has 2 rings (SSSR count). The van der Waals surface area contributed by atoms with Gasteiger partial charge in [0.15, 0.2) is 0 Å². The van der Waals surface area contributed by atoms with Crippen molar-refractivity contribution in [3.8, 4) is 0 Å². The number of rotatable bonds is 5. The number of benzene rings is 1. The fraction of sp³-hybridized carbons (Fsp3) is 0.182. The molecular formula is C11H11Cl2N3O3S. The number of halogens is 2. The largest absolute Gasteiger partial charge is 0.394 e. The highest BCUT2D eigenvalue weighted by Gasteiger charge is 2.16. The van der Waals surface area contributed by atoms with Crippen LogP contribution in [0.2, 0.25) is 10.0 Å². The van der Waals surface area contributed by atoms with E-state index in [4.69, 9.17) is 28.3 Å². The van der Waals surface area contributed by atoms with Gasteiger partial charge in [0.25, 0.3) is 10.0 Å². The molecule has 2 aromatic rings. The van der Waals surface area contributed by atoms with Gasteiger partial charge in [-0.05, 0) is 18.2 Å². The Balaban J connectivity index is 2.25. The maximum Gasteiger partial charge on any atom is 0.262 e. The van der Waals surface area contributed by atoms with Gasteiger partial charge < -0.3 is 5.11 Å². The highest BCUT2D eigenvalue weighted by Crippen LogP contribution is 2.23. The van der Waals surface area contributed by atoms with E-state index in [-0.39, 0.29) is 33.8 Å². The lowest BCUT2D eigenvalue weighted by molar-refractivity contribution is 0.269. The number of hydrogen-bond donors (Lipinski definition) is 2. The van der Waals surface area contributed by atoms with Crippen LogP contribution in [0.25, 0.3) is 0 Å². The van der Waals surface area contributed by atoms with Crippen molar-refractivity contribution in [1.82, 2.24) is 9.78 Å². The maximum atomic E-state index is 12.2. The first-order valence-electron chi connectivity index (χ1n) is 5.53. The average Bonchev–Trinajstić information content (AvgIpc) is 2.75. The van der Waals surface area contributed by atoms with Gasteiger partial charge in [-0.3, -0.25) is 9.40 Å². The van der Waals surface area contributed by atoms with Crippen molar-refractivity contribution in [2.75, 3.05) is 11.3 Å². The van der Waals surface area contributed by atoms with Crippen LogP contribution in [0.4, 0.5) is 5.69 Å². The van der Waals surface area contributed by atoms with Crippen LogP contribution < -0.4 is 4.72 Å². The lowest BCUT2D eigenvalue weighted by Crippen LogP contribution is -2.12. The first-order valence-corrected chi connectivity index (χ1v) is 7.77. The molecule has 0 aliphatic heterocycles. The molecule has 6 nitrogen and oxygen atoms in total. The Hall–Kier alpha value is -1.28. The molecule has 0 aliphatic carbocycles. The lowest BCUT2D eigenvalue weighted by atomic mass is 10.4. The topological polar surface area (TPSA) is 84.2 Å². The van der Waals surface area contributed by atoms with E-state index >= 15 is 0 Å². The second-order valence-corrected chi connectivity index (χ2v) is 6.48. The second-order valence-electron chi connectivity index (χ2n) is 3.93.